The van der Waals surface area contributed by atoms with Crippen LogP contribution < -0.4 is 5.43 Å². The van der Waals surface area contributed by atoms with Gasteiger partial charge < -0.3 is 10.1 Å². The standard InChI is InChI=1S/C7H6BrF2NO2/c8-6-4(2-12)5(13)3(1-11-6)7(9)10/h1,7,12H,2H2,(H,11,13). The van der Waals surface area contributed by atoms with Gasteiger partial charge in [-0.2, -0.15) is 0 Å². The van der Waals surface area contributed by atoms with Gasteiger partial charge in [0.25, 0.3) is 6.43 Å². The Morgan fingerprint density at radius 3 is 2.69 bits per heavy atom. The molecular formula is C7H6BrF2NO2. The molecule has 1 heterocycles. The van der Waals surface area contributed by atoms with E-state index in [9.17, 15) is 13.6 Å². The lowest BCUT2D eigenvalue weighted by molar-refractivity contribution is 0.149. The molecule has 0 aliphatic heterocycles. The van der Waals surface area contributed by atoms with Gasteiger partial charge in [0.2, 0.25) is 0 Å². The Morgan fingerprint density at radius 2 is 2.23 bits per heavy atom. The first-order chi connectivity index (χ1) is 6.07. The summed E-state index contributed by atoms with van der Waals surface area (Å²) in [4.78, 5) is 13.6. The van der Waals surface area contributed by atoms with Crippen molar-refractivity contribution in [2.75, 3.05) is 0 Å². The largest absolute Gasteiger partial charge is 0.391 e. The average molecular weight is 254 g/mol. The lowest BCUT2D eigenvalue weighted by Gasteiger charge is -2.03. The van der Waals surface area contributed by atoms with Crippen molar-refractivity contribution in [2.45, 2.75) is 13.0 Å². The van der Waals surface area contributed by atoms with Crippen molar-refractivity contribution in [1.82, 2.24) is 4.98 Å². The molecule has 2 N–H and O–H groups in total. The van der Waals surface area contributed by atoms with Crippen molar-refractivity contribution in [3.05, 3.63) is 32.2 Å². The van der Waals surface area contributed by atoms with Crippen LogP contribution in [-0.2, 0) is 6.61 Å². The fourth-order valence-corrected chi connectivity index (χ4v) is 1.29. The van der Waals surface area contributed by atoms with E-state index in [1.807, 2.05) is 0 Å². The molecule has 0 unspecified atom stereocenters. The number of nitrogens with one attached hydrogen (secondary N) is 1. The Balaban J connectivity index is 3.37. The highest BCUT2D eigenvalue weighted by molar-refractivity contribution is 9.10. The molecule has 3 nitrogen and oxygen atoms in total. The summed E-state index contributed by atoms with van der Waals surface area (Å²) < 4.78 is 24.5. The number of aliphatic hydroxyl groups excluding tert-OH is 1. The number of aromatic amines is 1. The molecule has 0 aromatic carbocycles. The summed E-state index contributed by atoms with van der Waals surface area (Å²) in [7, 11) is 0. The van der Waals surface area contributed by atoms with Crippen molar-refractivity contribution in [1.29, 1.82) is 0 Å². The van der Waals surface area contributed by atoms with Gasteiger partial charge in [-0.15, -0.1) is 0 Å². The molecular weight excluding hydrogens is 248 g/mol. The molecule has 1 aromatic rings. The number of alkyl halides is 2. The zero-order chi connectivity index (χ0) is 10.0. The second-order valence-corrected chi connectivity index (χ2v) is 3.12. The van der Waals surface area contributed by atoms with Crippen LogP contribution in [0.5, 0.6) is 0 Å². The summed E-state index contributed by atoms with van der Waals surface area (Å²) in [6.45, 7) is -0.573. The van der Waals surface area contributed by atoms with E-state index in [4.69, 9.17) is 5.11 Å². The molecule has 72 valence electrons. The van der Waals surface area contributed by atoms with Gasteiger partial charge in [0, 0.05) is 6.20 Å². The van der Waals surface area contributed by atoms with Gasteiger partial charge in [0.15, 0.2) is 5.43 Å². The summed E-state index contributed by atoms with van der Waals surface area (Å²) in [5, 5.41) is 8.71. The van der Waals surface area contributed by atoms with Gasteiger partial charge >= 0.3 is 0 Å². The minimum absolute atomic E-state index is 0.0854. The van der Waals surface area contributed by atoms with Crippen LogP contribution in [0.4, 0.5) is 8.78 Å². The van der Waals surface area contributed by atoms with Gasteiger partial charge in [0.05, 0.1) is 22.3 Å². The van der Waals surface area contributed by atoms with E-state index in [2.05, 4.69) is 20.9 Å². The van der Waals surface area contributed by atoms with Crippen LogP contribution in [0, 0.1) is 0 Å². The summed E-state index contributed by atoms with van der Waals surface area (Å²) in [6, 6.07) is 0. The monoisotopic (exact) mass is 253 g/mol. The quantitative estimate of drug-likeness (QED) is 0.787. The van der Waals surface area contributed by atoms with Crippen LogP contribution >= 0.6 is 15.9 Å². The van der Waals surface area contributed by atoms with E-state index in [0.717, 1.165) is 6.20 Å². The number of aromatic nitrogens is 1. The second-order valence-electron chi connectivity index (χ2n) is 2.32. The van der Waals surface area contributed by atoms with E-state index in [-0.39, 0.29) is 10.2 Å². The number of hydrogen-bond acceptors (Lipinski definition) is 2. The molecule has 0 atom stereocenters. The first-order valence-electron chi connectivity index (χ1n) is 3.37. The minimum atomic E-state index is -2.83. The van der Waals surface area contributed by atoms with Crippen molar-refractivity contribution in [2.24, 2.45) is 0 Å². The summed E-state index contributed by atoms with van der Waals surface area (Å²) >= 11 is 2.93. The van der Waals surface area contributed by atoms with Crippen molar-refractivity contribution < 1.29 is 13.9 Å². The Hall–Kier alpha value is -0.750. The second kappa shape index (κ2) is 3.97. The molecule has 1 aromatic heterocycles. The van der Waals surface area contributed by atoms with Crippen LogP contribution in [0.25, 0.3) is 0 Å². The average Bonchev–Trinajstić information content (AvgIpc) is 2.04. The number of halogens is 3. The smallest absolute Gasteiger partial charge is 0.269 e. The molecule has 0 aliphatic carbocycles. The van der Waals surface area contributed by atoms with Gasteiger partial charge in [-0.3, -0.25) is 4.79 Å². The van der Waals surface area contributed by atoms with E-state index in [1.165, 1.54) is 0 Å². The molecule has 0 radical (unpaired) electrons. The Labute approximate surface area is 80.5 Å². The Morgan fingerprint density at radius 1 is 1.62 bits per heavy atom. The molecule has 0 fully saturated rings. The number of rotatable bonds is 2. The molecule has 0 amide bonds. The lowest BCUT2D eigenvalue weighted by atomic mass is 10.2. The molecule has 0 saturated heterocycles. The number of aliphatic hydroxyl groups is 1. The maximum absolute atomic E-state index is 12.2. The first kappa shape index (κ1) is 10.3. The summed E-state index contributed by atoms with van der Waals surface area (Å²) in [5.74, 6) is 0. The van der Waals surface area contributed by atoms with Gasteiger partial charge in [-0.05, 0) is 15.9 Å². The highest BCUT2D eigenvalue weighted by Gasteiger charge is 2.16. The van der Waals surface area contributed by atoms with E-state index in [1.54, 1.807) is 0 Å². The number of H-pyrrole nitrogens is 1. The van der Waals surface area contributed by atoms with Gasteiger partial charge in [-0.25, -0.2) is 8.78 Å². The van der Waals surface area contributed by atoms with Gasteiger partial charge in [0.1, 0.15) is 0 Å². The highest BCUT2D eigenvalue weighted by Crippen LogP contribution is 2.17. The predicted octanol–water partition coefficient (Wildman–Crippen LogP) is 1.57. The van der Waals surface area contributed by atoms with E-state index in [0.29, 0.717) is 0 Å². The SMILES string of the molecule is O=c1c(C(F)F)c[nH]c(Br)c1CO. The van der Waals surface area contributed by atoms with Crippen LogP contribution in [-0.4, -0.2) is 10.1 Å². The molecule has 1 rings (SSSR count). The van der Waals surface area contributed by atoms with Crippen molar-refractivity contribution >= 4 is 15.9 Å². The third-order valence-corrected chi connectivity index (χ3v) is 2.26. The van der Waals surface area contributed by atoms with Gasteiger partial charge in [-0.1, -0.05) is 0 Å². The fraction of sp³-hybridized carbons (Fsp3) is 0.286. The zero-order valence-corrected chi connectivity index (χ0v) is 7.94. The van der Waals surface area contributed by atoms with Crippen LogP contribution in [0.15, 0.2) is 15.6 Å². The number of hydrogen-bond donors (Lipinski definition) is 2. The molecule has 0 spiro atoms. The summed E-state index contributed by atoms with van der Waals surface area (Å²) in [6.07, 6.45) is -1.90. The number of pyridine rings is 1. The lowest BCUT2D eigenvalue weighted by Crippen LogP contribution is -2.16. The molecule has 13 heavy (non-hydrogen) atoms. The third-order valence-electron chi connectivity index (χ3n) is 1.55. The molecule has 6 heteroatoms. The fourth-order valence-electron chi connectivity index (χ4n) is 0.871. The van der Waals surface area contributed by atoms with Crippen LogP contribution in [0.2, 0.25) is 0 Å². The zero-order valence-electron chi connectivity index (χ0n) is 6.35. The Kier molecular flexibility index (Phi) is 3.16. The van der Waals surface area contributed by atoms with Crippen LogP contribution in [0.1, 0.15) is 17.6 Å². The maximum atomic E-state index is 12.2. The topological polar surface area (TPSA) is 53.1 Å². The molecule has 0 bridgehead atoms. The van der Waals surface area contributed by atoms with Crippen molar-refractivity contribution in [3.63, 3.8) is 0 Å². The van der Waals surface area contributed by atoms with E-state index >= 15 is 0 Å². The van der Waals surface area contributed by atoms with E-state index < -0.39 is 24.0 Å². The van der Waals surface area contributed by atoms with Crippen molar-refractivity contribution in [3.8, 4) is 0 Å². The predicted molar refractivity (Wildman–Crippen MR) is 45.6 cm³/mol. The Bertz CT molecular complexity index is 364. The normalized spacial score (nSPS) is 10.8. The minimum Gasteiger partial charge on any atom is -0.391 e. The van der Waals surface area contributed by atoms with Crippen LogP contribution in [0.3, 0.4) is 0 Å². The molecule has 0 aliphatic rings. The molecule has 0 saturated carbocycles. The first-order valence-corrected chi connectivity index (χ1v) is 4.16. The highest BCUT2D eigenvalue weighted by atomic mass is 79.9. The maximum Gasteiger partial charge on any atom is 0.269 e. The third kappa shape index (κ3) is 1.94. The summed E-state index contributed by atoms with van der Waals surface area (Å²) in [5.41, 5.74) is -1.55.